The largest absolute Gasteiger partial charge is 0.351 e. The quantitative estimate of drug-likeness (QED) is 0.771. The first kappa shape index (κ1) is 17.8. The molecule has 1 aliphatic rings. The zero-order chi connectivity index (χ0) is 18.0. The van der Waals surface area contributed by atoms with Crippen molar-refractivity contribution in [1.82, 2.24) is 25.5 Å². The molecule has 10 heteroatoms. The molecule has 8 nitrogen and oxygen atoms in total. The van der Waals surface area contributed by atoms with Crippen LogP contribution in [-0.4, -0.2) is 39.8 Å². The van der Waals surface area contributed by atoms with Gasteiger partial charge in [-0.3, -0.25) is 4.79 Å². The van der Waals surface area contributed by atoms with Gasteiger partial charge in [0.1, 0.15) is 11.0 Å². The van der Waals surface area contributed by atoms with Crippen molar-refractivity contribution in [3.63, 3.8) is 0 Å². The minimum absolute atomic E-state index is 0.165. The molecule has 25 heavy (non-hydrogen) atoms. The predicted molar refractivity (Wildman–Crippen MR) is 91.5 cm³/mol. The van der Waals surface area contributed by atoms with E-state index in [1.165, 1.54) is 11.6 Å². The fourth-order valence-corrected chi connectivity index (χ4v) is 3.76. The fourth-order valence-electron chi connectivity index (χ4n) is 2.35. The Balaban J connectivity index is 1.64. The highest BCUT2D eigenvalue weighted by Crippen LogP contribution is 2.34. The molecule has 0 spiro atoms. The molecule has 1 heterocycles. The van der Waals surface area contributed by atoms with Gasteiger partial charge in [0.05, 0.1) is 6.04 Å². The lowest BCUT2D eigenvalue weighted by atomic mass is 10.2. The number of carbonyl (C=O) groups excluding carboxylic acids is 1. The Hall–Kier alpha value is -2.00. The number of halogens is 1. The Bertz CT molecular complexity index is 879. The number of hydrogen-bond acceptors (Lipinski definition) is 6. The first-order valence-corrected chi connectivity index (χ1v) is 9.97. The molecule has 1 aliphatic carbocycles. The van der Waals surface area contributed by atoms with E-state index in [4.69, 9.17) is 11.6 Å². The number of sulfone groups is 1. The van der Waals surface area contributed by atoms with E-state index in [2.05, 4.69) is 20.8 Å². The molecule has 3 rings (SSSR count). The average Bonchev–Trinajstić information content (AvgIpc) is 3.33. The van der Waals surface area contributed by atoms with Crippen molar-refractivity contribution in [2.45, 2.75) is 43.4 Å². The number of carbonyl (C=O) groups is 1. The number of tetrazole rings is 1. The summed E-state index contributed by atoms with van der Waals surface area (Å²) in [6.07, 6.45) is 1.87. The number of aromatic nitrogens is 4. The molecule has 0 aliphatic heterocycles. The van der Waals surface area contributed by atoms with Crippen LogP contribution >= 0.6 is 11.6 Å². The van der Waals surface area contributed by atoms with Gasteiger partial charge >= 0.3 is 0 Å². The minimum atomic E-state index is -3.73. The number of amides is 1. The van der Waals surface area contributed by atoms with Gasteiger partial charge in [0.2, 0.25) is 5.91 Å². The van der Waals surface area contributed by atoms with Crippen molar-refractivity contribution < 1.29 is 13.2 Å². The number of nitrogens with zero attached hydrogens (tertiary/aromatic N) is 4. The standard InChI is InChI=1S/C15H18ClN5O3S/c1-10(15(22)17-8-11-4-2-3-5-13(11)16)25(23,24)9-14-18-19-20-21(14)12-6-7-12/h2-5,10,12H,6-9H2,1H3,(H,17,22). The highest BCUT2D eigenvalue weighted by atomic mass is 35.5. The number of benzene rings is 1. The molecule has 0 bridgehead atoms. The van der Waals surface area contributed by atoms with Crippen LogP contribution < -0.4 is 5.32 Å². The van der Waals surface area contributed by atoms with Crippen LogP contribution in [0.5, 0.6) is 0 Å². The molecule has 134 valence electrons. The van der Waals surface area contributed by atoms with Crippen LogP contribution in [0.4, 0.5) is 0 Å². The van der Waals surface area contributed by atoms with Crippen LogP contribution in [0.25, 0.3) is 0 Å². The summed E-state index contributed by atoms with van der Waals surface area (Å²) in [4.78, 5) is 12.2. The zero-order valence-corrected chi connectivity index (χ0v) is 15.2. The third kappa shape index (κ3) is 4.16. The van der Waals surface area contributed by atoms with Gasteiger partial charge in [0, 0.05) is 11.6 Å². The summed E-state index contributed by atoms with van der Waals surface area (Å²) in [5.74, 6) is -0.671. The second-order valence-electron chi connectivity index (χ2n) is 6.03. The third-order valence-electron chi connectivity index (χ3n) is 4.10. The molecule has 1 fully saturated rings. The van der Waals surface area contributed by atoms with E-state index in [9.17, 15) is 13.2 Å². The molecule has 1 atom stereocenters. The Kier molecular flexibility index (Phi) is 5.05. The van der Waals surface area contributed by atoms with Crippen LogP contribution in [0.1, 0.15) is 37.2 Å². The lowest BCUT2D eigenvalue weighted by molar-refractivity contribution is -0.120. The van der Waals surface area contributed by atoms with Crippen LogP contribution in [0.3, 0.4) is 0 Å². The Morgan fingerprint density at radius 2 is 2.12 bits per heavy atom. The second kappa shape index (κ2) is 7.09. The Labute approximate surface area is 150 Å². The van der Waals surface area contributed by atoms with E-state index >= 15 is 0 Å². The summed E-state index contributed by atoms with van der Waals surface area (Å²) < 4.78 is 26.6. The van der Waals surface area contributed by atoms with E-state index in [1.807, 2.05) is 0 Å². The van der Waals surface area contributed by atoms with Crippen molar-refractivity contribution in [2.75, 3.05) is 0 Å². The van der Waals surface area contributed by atoms with Crippen LogP contribution in [0.2, 0.25) is 5.02 Å². The molecule has 1 saturated carbocycles. The predicted octanol–water partition coefficient (Wildman–Crippen LogP) is 1.28. The maximum Gasteiger partial charge on any atom is 0.238 e. The molecule has 1 N–H and O–H groups in total. The molecule has 1 aromatic heterocycles. The summed E-state index contributed by atoms with van der Waals surface area (Å²) in [7, 11) is -3.73. The van der Waals surface area contributed by atoms with Gasteiger partial charge in [0.25, 0.3) is 0 Å². The molecule has 1 aromatic carbocycles. The molecule has 0 saturated heterocycles. The summed E-state index contributed by atoms with van der Waals surface area (Å²) in [6, 6.07) is 7.23. The first-order valence-electron chi connectivity index (χ1n) is 7.88. The summed E-state index contributed by atoms with van der Waals surface area (Å²) in [5, 5.41) is 13.1. The monoisotopic (exact) mass is 383 g/mol. The fraction of sp³-hybridized carbons (Fsp3) is 0.467. The molecular formula is C15H18ClN5O3S. The zero-order valence-electron chi connectivity index (χ0n) is 13.6. The normalized spacial score (nSPS) is 15.8. The van der Waals surface area contributed by atoms with Gasteiger partial charge in [-0.1, -0.05) is 29.8 Å². The Morgan fingerprint density at radius 1 is 1.40 bits per heavy atom. The van der Waals surface area contributed by atoms with Crippen molar-refractivity contribution >= 4 is 27.3 Å². The second-order valence-corrected chi connectivity index (χ2v) is 8.76. The van der Waals surface area contributed by atoms with E-state index in [-0.39, 0.29) is 24.2 Å². The van der Waals surface area contributed by atoms with E-state index in [1.54, 1.807) is 24.3 Å². The molecular weight excluding hydrogens is 366 g/mol. The van der Waals surface area contributed by atoms with E-state index < -0.39 is 21.0 Å². The van der Waals surface area contributed by atoms with Gasteiger partial charge in [0.15, 0.2) is 15.7 Å². The van der Waals surface area contributed by atoms with Crippen LogP contribution in [0, 0.1) is 0 Å². The SMILES string of the molecule is CC(C(=O)NCc1ccccc1Cl)S(=O)(=O)Cc1nnnn1C1CC1. The lowest BCUT2D eigenvalue weighted by Crippen LogP contribution is -2.38. The van der Waals surface area contributed by atoms with Gasteiger partial charge < -0.3 is 5.32 Å². The lowest BCUT2D eigenvalue weighted by Gasteiger charge is -2.13. The topological polar surface area (TPSA) is 107 Å². The maximum atomic E-state index is 12.5. The van der Waals surface area contributed by atoms with E-state index in [0.29, 0.717) is 5.02 Å². The minimum Gasteiger partial charge on any atom is -0.351 e. The molecule has 0 radical (unpaired) electrons. The van der Waals surface area contributed by atoms with Gasteiger partial charge in [-0.25, -0.2) is 13.1 Å². The van der Waals surface area contributed by atoms with Crippen molar-refractivity contribution in [3.8, 4) is 0 Å². The van der Waals surface area contributed by atoms with Crippen molar-refractivity contribution in [3.05, 3.63) is 40.7 Å². The third-order valence-corrected chi connectivity index (χ3v) is 6.42. The summed E-state index contributed by atoms with van der Waals surface area (Å²) >= 11 is 6.03. The van der Waals surface area contributed by atoms with Gasteiger partial charge in [-0.15, -0.1) is 5.10 Å². The number of nitrogens with one attached hydrogen (secondary N) is 1. The number of rotatable bonds is 7. The molecule has 1 unspecified atom stereocenters. The molecule has 2 aromatic rings. The first-order chi connectivity index (χ1) is 11.9. The van der Waals surface area contributed by atoms with Crippen molar-refractivity contribution in [1.29, 1.82) is 0 Å². The van der Waals surface area contributed by atoms with E-state index in [0.717, 1.165) is 18.4 Å². The maximum absolute atomic E-state index is 12.5. The van der Waals surface area contributed by atoms with Gasteiger partial charge in [-0.2, -0.15) is 0 Å². The van der Waals surface area contributed by atoms with Gasteiger partial charge in [-0.05, 0) is 41.8 Å². The summed E-state index contributed by atoms with van der Waals surface area (Å²) in [6.45, 7) is 1.53. The smallest absolute Gasteiger partial charge is 0.238 e. The highest BCUT2D eigenvalue weighted by molar-refractivity contribution is 7.92. The summed E-state index contributed by atoms with van der Waals surface area (Å²) in [5.41, 5.74) is 0.722. The average molecular weight is 384 g/mol. The highest BCUT2D eigenvalue weighted by Gasteiger charge is 2.33. The number of hydrogen-bond donors (Lipinski definition) is 1. The Morgan fingerprint density at radius 3 is 2.80 bits per heavy atom. The van der Waals surface area contributed by atoms with Crippen LogP contribution in [0.15, 0.2) is 24.3 Å². The van der Waals surface area contributed by atoms with Crippen LogP contribution in [-0.2, 0) is 26.9 Å². The molecule has 1 amide bonds. The van der Waals surface area contributed by atoms with Crippen molar-refractivity contribution in [2.24, 2.45) is 0 Å².